The van der Waals surface area contributed by atoms with Crippen LogP contribution in [0, 0.1) is 17.8 Å². The normalized spacial score (nSPS) is 27.9. The SMILES string of the molecule is CCCCc1ccc(NCC2CC3C=CC2C3)cc1. The van der Waals surface area contributed by atoms with Crippen molar-refractivity contribution in [3.63, 3.8) is 0 Å². The van der Waals surface area contributed by atoms with Crippen LogP contribution in [0.1, 0.15) is 38.2 Å². The lowest BCUT2D eigenvalue weighted by atomic mass is 9.93. The lowest BCUT2D eigenvalue weighted by Crippen LogP contribution is -2.18. The summed E-state index contributed by atoms with van der Waals surface area (Å²) in [7, 11) is 0. The monoisotopic (exact) mass is 255 g/mol. The number of unbranched alkanes of at least 4 members (excludes halogenated alkanes) is 1. The van der Waals surface area contributed by atoms with E-state index in [9.17, 15) is 0 Å². The molecule has 1 fully saturated rings. The fourth-order valence-electron chi connectivity index (χ4n) is 3.55. The van der Waals surface area contributed by atoms with Crippen LogP contribution in [0.4, 0.5) is 5.69 Å². The number of nitrogens with one attached hydrogen (secondary N) is 1. The molecule has 1 aromatic rings. The van der Waals surface area contributed by atoms with Gasteiger partial charge in [-0.2, -0.15) is 0 Å². The Kier molecular flexibility index (Phi) is 3.91. The van der Waals surface area contributed by atoms with Crippen LogP contribution in [0.2, 0.25) is 0 Å². The Bertz CT molecular complexity index is 432. The Morgan fingerprint density at radius 1 is 1.11 bits per heavy atom. The topological polar surface area (TPSA) is 12.0 Å². The molecule has 1 aromatic carbocycles. The van der Waals surface area contributed by atoms with Crippen LogP contribution in [0.25, 0.3) is 0 Å². The lowest BCUT2D eigenvalue weighted by Gasteiger charge is -2.19. The molecule has 0 spiro atoms. The lowest BCUT2D eigenvalue weighted by molar-refractivity contribution is 0.472. The van der Waals surface area contributed by atoms with Crippen molar-refractivity contribution in [2.75, 3.05) is 11.9 Å². The first-order valence-corrected chi connectivity index (χ1v) is 7.86. The summed E-state index contributed by atoms with van der Waals surface area (Å²) in [4.78, 5) is 0. The number of rotatable bonds is 6. The van der Waals surface area contributed by atoms with Crippen molar-refractivity contribution >= 4 is 5.69 Å². The van der Waals surface area contributed by atoms with Crippen LogP contribution >= 0.6 is 0 Å². The van der Waals surface area contributed by atoms with Crippen LogP contribution in [-0.2, 0) is 6.42 Å². The van der Waals surface area contributed by atoms with E-state index in [0.29, 0.717) is 0 Å². The predicted molar refractivity (Wildman–Crippen MR) is 82.4 cm³/mol. The first-order valence-electron chi connectivity index (χ1n) is 7.86. The number of benzene rings is 1. The fraction of sp³-hybridized carbons (Fsp3) is 0.556. The minimum atomic E-state index is 0.848. The van der Waals surface area contributed by atoms with Gasteiger partial charge in [-0.25, -0.2) is 0 Å². The molecule has 0 saturated heterocycles. The number of aryl methyl sites for hydroxylation is 1. The maximum Gasteiger partial charge on any atom is 0.0340 e. The van der Waals surface area contributed by atoms with E-state index in [1.165, 1.54) is 43.4 Å². The zero-order valence-corrected chi connectivity index (χ0v) is 11.9. The summed E-state index contributed by atoms with van der Waals surface area (Å²) in [6.07, 6.45) is 11.4. The van der Waals surface area contributed by atoms with Gasteiger partial charge in [-0.15, -0.1) is 0 Å². The molecule has 1 heteroatoms. The molecular weight excluding hydrogens is 230 g/mol. The second kappa shape index (κ2) is 5.81. The number of allylic oxidation sites excluding steroid dienone is 2. The average Bonchev–Trinajstić information content (AvgIpc) is 3.06. The highest BCUT2D eigenvalue weighted by molar-refractivity contribution is 5.44. The Labute approximate surface area is 117 Å². The summed E-state index contributed by atoms with van der Waals surface area (Å²) < 4.78 is 0. The molecule has 19 heavy (non-hydrogen) atoms. The molecule has 0 heterocycles. The molecule has 1 nitrogen and oxygen atoms in total. The Balaban J connectivity index is 1.49. The molecule has 3 atom stereocenters. The molecule has 0 radical (unpaired) electrons. The number of fused-ring (bicyclic) bond motifs is 2. The highest BCUT2D eigenvalue weighted by atomic mass is 14.9. The van der Waals surface area contributed by atoms with E-state index in [4.69, 9.17) is 0 Å². The molecule has 0 aromatic heterocycles. The van der Waals surface area contributed by atoms with Gasteiger partial charge in [0.05, 0.1) is 0 Å². The minimum absolute atomic E-state index is 0.848. The van der Waals surface area contributed by atoms with Gasteiger partial charge in [-0.05, 0) is 61.1 Å². The Morgan fingerprint density at radius 3 is 2.58 bits per heavy atom. The van der Waals surface area contributed by atoms with E-state index < -0.39 is 0 Å². The van der Waals surface area contributed by atoms with Crippen LogP contribution in [0.3, 0.4) is 0 Å². The Morgan fingerprint density at radius 2 is 1.95 bits per heavy atom. The Hall–Kier alpha value is -1.24. The van der Waals surface area contributed by atoms with Gasteiger partial charge in [-0.1, -0.05) is 37.6 Å². The molecular formula is C18H25N. The molecule has 102 valence electrons. The standard InChI is InChI=1S/C18H25N/c1-2-3-4-14-6-9-18(10-7-14)19-13-17-12-15-5-8-16(17)11-15/h5-10,15-17,19H,2-4,11-13H2,1H3. The van der Waals surface area contributed by atoms with Crippen molar-refractivity contribution in [3.05, 3.63) is 42.0 Å². The van der Waals surface area contributed by atoms with Gasteiger partial charge in [-0.3, -0.25) is 0 Å². The van der Waals surface area contributed by atoms with Gasteiger partial charge in [0.1, 0.15) is 0 Å². The highest BCUT2D eigenvalue weighted by Gasteiger charge is 2.35. The van der Waals surface area contributed by atoms with Gasteiger partial charge < -0.3 is 5.32 Å². The maximum atomic E-state index is 3.62. The van der Waals surface area contributed by atoms with Crippen LogP contribution < -0.4 is 5.32 Å². The van der Waals surface area contributed by atoms with E-state index in [2.05, 4.69) is 48.7 Å². The predicted octanol–water partition coefficient (Wildman–Crippen LogP) is 4.65. The summed E-state index contributed by atoms with van der Waals surface area (Å²) in [5.74, 6) is 2.59. The second-order valence-electron chi connectivity index (χ2n) is 6.22. The summed E-state index contributed by atoms with van der Waals surface area (Å²) >= 11 is 0. The highest BCUT2D eigenvalue weighted by Crippen LogP contribution is 2.43. The number of anilines is 1. The van der Waals surface area contributed by atoms with E-state index in [1.807, 2.05) is 0 Å². The third kappa shape index (κ3) is 3.02. The maximum absolute atomic E-state index is 3.62. The first kappa shape index (κ1) is 12.8. The minimum Gasteiger partial charge on any atom is -0.385 e. The van der Waals surface area contributed by atoms with E-state index >= 15 is 0 Å². The summed E-state index contributed by atoms with van der Waals surface area (Å²) in [6, 6.07) is 9.04. The van der Waals surface area contributed by atoms with Gasteiger partial charge in [0.2, 0.25) is 0 Å². The van der Waals surface area contributed by atoms with Crippen molar-refractivity contribution in [2.24, 2.45) is 17.8 Å². The quantitative estimate of drug-likeness (QED) is 0.729. The summed E-state index contributed by atoms with van der Waals surface area (Å²) in [5.41, 5.74) is 2.75. The summed E-state index contributed by atoms with van der Waals surface area (Å²) in [6.45, 7) is 3.39. The van der Waals surface area contributed by atoms with Gasteiger partial charge >= 0.3 is 0 Å². The smallest absolute Gasteiger partial charge is 0.0340 e. The van der Waals surface area contributed by atoms with E-state index in [1.54, 1.807) is 0 Å². The third-order valence-corrected chi connectivity index (χ3v) is 4.76. The zero-order valence-electron chi connectivity index (χ0n) is 11.9. The van der Waals surface area contributed by atoms with Crippen LogP contribution in [0.15, 0.2) is 36.4 Å². The fourth-order valence-corrected chi connectivity index (χ4v) is 3.55. The van der Waals surface area contributed by atoms with Crippen molar-refractivity contribution in [1.29, 1.82) is 0 Å². The second-order valence-corrected chi connectivity index (χ2v) is 6.22. The van der Waals surface area contributed by atoms with Crippen molar-refractivity contribution in [1.82, 2.24) is 0 Å². The van der Waals surface area contributed by atoms with Crippen molar-refractivity contribution in [2.45, 2.75) is 39.0 Å². The zero-order chi connectivity index (χ0) is 13.1. The molecule has 3 rings (SSSR count). The van der Waals surface area contributed by atoms with Crippen LogP contribution in [0.5, 0.6) is 0 Å². The van der Waals surface area contributed by atoms with E-state index in [-0.39, 0.29) is 0 Å². The van der Waals surface area contributed by atoms with E-state index in [0.717, 1.165) is 24.3 Å². The molecule has 3 unspecified atom stereocenters. The molecule has 0 amide bonds. The van der Waals surface area contributed by atoms with Gasteiger partial charge in [0.15, 0.2) is 0 Å². The molecule has 2 bridgehead atoms. The van der Waals surface area contributed by atoms with Crippen LogP contribution in [-0.4, -0.2) is 6.54 Å². The largest absolute Gasteiger partial charge is 0.385 e. The number of hydrogen-bond donors (Lipinski definition) is 1. The molecule has 2 aliphatic carbocycles. The molecule has 2 aliphatic rings. The third-order valence-electron chi connectivity index (χ3n) is 4.76. The van der Waals surface area contributed by atoms with Gasteiger partial charge in [0.25, 0.3) is 0 Å². The molecule has 0 aliphatic heterocycles. The van der Waals surface area contributed by atoms with Crippen molar-refractivity contribution < 1.29 is 0 Å². The molecule has 1 saturated carbocycles. The van der Waals surface area contributed by atoms with Crippen molar-refractivity contribution in [3.8, 4) is 0 Å². The average molecular weight is 255 g/mol. The number of hydrogen-bond acceptors (Lipinski definition) is 1. The molecule has 1 N–H and O–H groups in total. The summed E-state index contributed by atoms with van der Waals surface area (Å²) in [5, 5.41) is 3.62. The van der Waals surface area contributed by atoms with Gasteiger partial charge in [0, 0.05) is 12.2 Å². The first-order chi connectivity index (χ1) is 9.35.